The van der Waals surface area contributed by atoms with Gasteiger partial charge in [0.05, 0.1) is 4.92 Å². The van der Waals surface area contributed by atoms with Gasteiger partial charge < -0.3 is 4.42 Å². The van der Waals surface area contributed by atoms with E-state index in [9.17, 15) is 14.9 Å². The number of hydrogen-bond donors (Lipinski definition) is 1. The van der Waals surface area contributed by atoms with Crippen LogP contribution in [0.4, 0.5) is 10.8 Å². The van der Waals surface area contributed by atoms with Crippen molar-refractivity contribution in [1.29, 1.82) is 0 Å². The van der Waals surface area contributed by atoms with Gasteiger partial charge in [-0.15, -0.1) is 10.2 Å². The van der Waals surface area contributed by atoms with E-state index in [0.717, 1.165) is 5.56 Å². The quantitative estimate of drug-likeness (QED) is 0.262. The Morgan fingerprint density at radius 1 is 1.36 bits per heavy atom. The minimum absolute atomic E-state index is 0.0490. The summed E-state index contributed by atoms with van der Waals surface area (Å²) in [5, 5.41) is 21.6. The van der Waals surface area contributed by atoms with Crippen LogP contribution in [0.5, 0.6) is 0 Å². The number of nitrogens with one attached hydrogen (secondary N) is 1. The number of carbonyl (C=O) groups is 1. The molecule has 0 aliphatic carbocycles. The lowest BCUT2D eigenvalue weighted by molar-refractivity contribution is -0.384. The Labute approximate surface area is 157 Å². The van der Waals surface area contributed by atoms with E-state index in [0.29, 0.717) is 19.9 Å². The molecular weight excluding hydrogens is 432 g/mol. The number of thioether (sulfide) groups is 1. The standard InChI is InChI=1S/C14H9BrN4O4S2/c15-11-5-4-10(23-11)12(20)16-13-17-18-14(25-13)24-7-8-2-1-3-9(6-8)19(21)22/h1-6H,7H2,(H,16,17,20). The number of nitro benzene ring substituents is 1. The molecule has 1 N–H and O–H groups in total. The summed E-state index contributed by atoms with van der Waals surface area (Å²) in [6.07, 6.45) is 0. The molecule has 3 aromatic rings. The van der Waals surface area contributed by atoms with Gasteiger partial charge in [0.25, 0.3) is 11.6 Å². The molecule has 0 aliphatic heterocycles. The molecule has 8 nitrogen and oxygen atoms in total. The molecule has 0 bridgehead atoms. The molecule has 3 rings (SSSR count). The fraction of sp³-hybridized carbons (Fsp3) is 0.0714. The van der Waals surface area contributed by atoms with Crippen LogP contribution in [0.25, 0.3) is 0 Å². The van der Waals surface area contributed by atoms with Crippen molar-refractivity contribution in [1.82, 2.24) is 10.2 Å². The lowest BCUT2D eigenvalue weighted by Crippen LogP contribution is -2.10. The average molecular weight is 441 g/mol. The van der Waals surface area contributed by atoms with Gasteiger partial charge in [0.1, 0.15) is 0 Å². The first-order valence-corrected chi connectivity index (χ1v) is 9.37. The van der Waals surface area contributed by atoms with E-state index < -0.39 is 10.8 Å². The number of furan rings is 1. The number of non-ortho nitro benzene ring substituents is 1. The lowest BCUT2D eigenvalue weighted by Gasteiger charge is -1.98. The maximum atomic E-state index is 12.0. The smallest absolute Gasteiger partial charge is 0.293 e. The highest BCUT2D eigenvalue weighted by atomic mass is 79.9. The Balaban J connectivity index is 1.59. The largest absolute Gasteiger partial charge is 0.444 e. The van der Waals surface area contributed by atoms with Crippen LogP contribution in [-0.4, -0.2) is 21.0 Å². The number of benzene rings is 1. The average Bonchev–Trinajstić information content (AvgIpc) is 3.22. The monoisotopic (exact) mass is 440 g/mol. The third-order valence-corrected chi connectivity index (χ3v) is 5.38. The highest BCUT2D eigenvalue weighted by Crippen LogP contribution is 2.29. The summed E-state index contributed by atoms with van der Waals surface area (Å²) in [6.45, 7) is 0. The first-order chi connectivity index (χ1) is 12.0. The van der Waals surface area contributed by atoms with Crippen molar-refractivity contribution in [3.8, 4) is 0 Å². The van der Waals surface area contributed by atoms with Crippen LogP contribution in [-0.2, 0) is 5.75 Å². The number of hydrogen-bond acceptors (Lipinski definition) is 8. The van der Waals surface area contributed by atoms with Crippen molar-refractivity contribution in [3.63, 3.8) is 0 Å². The zero-order valence-electron chi connectivity index (χ0n) is 12.3. The van der Waals surface area contributed by atoms with Crippen LogP contribution in [0.2, 0.25) is 0 Å². The van der Waals surface area contributed by atoms with Crippen molar-refractivity contribution in [2.45, 2.75) is 10.1 Å². The number of carbonyl (C=O) groups excluding carboxylic acids is 1. The summed E-state index contributed by atoms with van der Waals surface area (Å²) < 4.78 is 6.26. The first-order valence-electron chi connectivity index (χ1n) is 6.77. The third-order valence-electron chi connectivity index (χ3n) is 2.91. The zero-order valence-corrected chi connectivity index (χ0v) is 15.6. The summed E-state index contributed by atoms with van der Waals surface area (Å²) in [7, 11) is 0. The molecule has 0 saturated carbocycles. The van der Waals surface area contributed by atoms with E-state index in [1.807, 2.05) is 0 Å². The van der Waals surface area contributed by atoms with Crippen LogP contribution < -0.4 is 5.32 Å². The van der Waals surface area contributed by atoms with Crippen molar-refractivity contribution >= 4 is 55.8 Å². The first kappa shape index (κ1) is 17.6. The van der Waals surface area contributed by atoms with Gasteiger partial charge in [-0.3, -0.25) is 20.2 Å². The summed E-state index contributed by atoms with van der Waals surface area (Å²) >= 11 is 5.72. The Hall–Kier alpha value is -2.24. The Kier molecular flexibility index (Phi) is 5.46. The maximum Gasteiger partial charge on any atom is 0.293 e. The van der Waals surface area contributed by atoms with Crippen molar-refractivity contribution in [2.75, 3.05) is 5.32 Å². The Morgan fingerprint density at radius 2 is 2.20 bits per heavy atom. The molecule has 0 spiro atoms. The van der Waals surface area contributed by atoms with Crippen molar-refractivity contribution < 1.29 is 14.1 Å². The zero-order chi connectivity index (χ0) is 17.8. The molecule has 2 heterocycles. The molecule has 0 fully saturated rings. The molecule has 0 atom stereocenters. The number of halogens is 1. The van der Waals surface area contributed by atoms with Crippen molar-refractivity contribution in [2.24, 2.45) is 0 Å². The third kappa shape index (κ3) is 4.65. The van der Waals surface area contributed by atoms with Crippen LogP contribution in [0.15, 0.2) is 49.8 Å². The summed E-state index contributed by atoms with van der Waals surface area (Å²) in [5.41, 5.74) is 0.855. The van der Waals surface area contributed by atoms with E-state index in [-0.39, 0.29) is 11.4 Å². The number of anilines is 1. The molecule has 0 radical (unpaired) electrons. The maximum absolute atomic E-state index is 12.0. The minimum Gasteiger partial charge on any atom is -0.444 e. The van der Waals surface area contributed by atoms with Crippen LogP contribution >= 0.6 is 39.0 Å². The number of nitro groups is 1. The summed E-state index contributed by atoms with van der Waals surface area (Å²) in [4.78, 5) is 22.3. The molecular formula is C14H9BrN4O4S2. The van der Waals surface area contributed by atoms with Crippen molar-refractivity contribution in [3.05, 3.63) is 62.5 Å². The lowest BCUT2D eigenvalue weighted by atomic mass is 10.2. The fourth-order valence-electron chi connectivity index (χ4n) is 1.82. The predicted molar refractivity (Wildman–Crippen MR) is 96.9 cm³/mol. The molecule has 0 unspecified atom stereocenters. The fourth-order valence-corrected chi connectivity index (χ4v) is 3.82. The van der Waals surface area contributed by atoms with E-state index in [1.165, 1.54) is 35.2 Å². The Bertz CT molecular complexity index is 927. The Morgan fingerprint density at radius 3 is 2.92 bits per heavy atom. The van der Waals surface area contributed by atoms with E-state index in [1.54, 1.807) is 24.3 Å². The highest BCUT2D eigenvalue weighted by Gasteiger charge is 2.14. The molecule has 128 valence electrons. The van der Waals surface area contributed by atoms with Gasteiger partial charge in [0.2, 0.25) is 5.13 Å². The SMILES string of the molecule is O=C(Nc1nnc(SCc2cccc([N+](=O)[O-])c2)s1)c1ccc(Br)o1. The van der Waals surface area contributed by atoms with Gasteiger partial charge in [-0.25, -0.2) is 0 Å². The predicted octanol–water partition coefficient (Wildman–Crippen LogP) is 4.35. The second kappa shape index (κ2) is 7.76. The topological polar surface area (TPSA) is 111 Å². The summed E-state index contributed by atoms with van der Waals surface area (Å²) in [6, 6.07) is 9.57. The van der Waals surface area contributed by atoms with Crippen LogP contribution in [0, 0.1) is 10.1 Å². The van der Waals surface area contributed by atoms with Gasteiger partial charge in [-0.1, -0.05) is 35.2 Å². The van der Waals surface area contributed by atoms with Gasteiger partial charge in [-0.05, 0) is 33.6 Å². The molecule has 1 amide bonds. The van der Waals surface area contributed by atoms with E-state index >= 15 is 0 Å². The molecule has 11 heteroatoms. The van der Waals surface area contributed by atoms with Crippen LogP contribution in [0.3, 0.4) is 0 Å². The number of amides is 1. The van der Waals surface area contributed by atoms with Gasteiger partial charge in [0.15, 0.2) is 14.8 Å². The molecule has 25 heavy (non-hydrogen) atoms. The second-order valence-corrected chi connectivity index (χ2v) is 7.63. The van der Waals surface area contributed by atoms with Crippen LogP contribution in [0.1, 0.15) is 16.1 Å². The number of nitrogens with zero attached hydrogens (tertiary/aromatic N) is 3. The van der Waals surface area contributed by atoms with E-state index in [4.69, 9.17) is 4.42 Å². The number of aromatic nitrogens is 2. The molecule has 2 aromatic heterocycles. The molecule has 0 saturated heterocycles. The second-order valence-electron chi connectivity index (χ2n) is 4.65. The minimum atomic E-state index is -0.431. The highest BCUT2D eigenvalue weighted by molar-refractivity contribution is 9.10. The normalized spacial score (nSPS) is 10.6. The van der Waals surface area contributed by atoms with Gasteiger partial charge >= 0.3 is 0 Å². The van der Waals surface area contributed by atoms with Gasteiger partial charge in [-0.2, -0.15) is 0 Å². The summed E-state index contributed by atoms with van der Waals surface area (Å²) in [5.74, 6) is 0.250. The number of rotatable bonds is 6. The molecule has 0 aliphatic rings. The van der Waals surface area contributed by atoms with E-state index in [2.05, 4.69) is 31.4 Å². The van der Waals surface area contributed by atoms with Gasteiger partial charge in [0, 0.05) is 17.9 Å². The molecule has 1 aromatic carbocycles.